The van der Waals surface area contributed by atoms with Crippen LogP contribution in [0, 0.1) is 5.92 Å². The quantitative estimate of drug-likeness (QED) is 0.928. The maximum atomic E-state index is 12.6. The predicted molar refractivity (Wildman–Crippen MR) is 83.1 cm³/mol. The highest BCUT2D eigenvalue weighted by atomic mass is 16.3. The summed E-state index contributed by atoms with van der Waals surface area (Å²) in [5, 5.41) is 9.30. The van der Waals surface area contributed by atoms with E-state index in [1.54, 1.807) is 0 Å². The van der Waals surface area contributed by atoms with E-state index >= 15 is 0 Å². The molecule has 1 saturated heterocycles. The zero-order chi connectivity index (χ0) is 14.7. The van der Waals surface area contributed by atoms with Gasteiger partial charge in [0.1, 0.15) is 0 Å². The van der Waals surface area contributed by atoms with Crippen LogP contribution >= 0.6 is 0 Å². The molecule has 1 aliphatic carbocycles. The lowest BCUT2D eigenvalue weighted by Gasteiger charge is -2.34. The summed E-state index contributed by atoms with van der Waals surface area (Å²) in [5.41, 5.74) is 2.81. The van der Waals surface area contributed by atoms with Crippen LogP contribution in [0.1, 0.15) is 49.1 Å². The van der Waals surface area contributed by atoms with Gasteiger partial charge in [-0.1, -0.05) is 24.3 Å². The molecule has 3 nitrogen and oxygen atoms in total. The molecule has 1 aromatic carbocycles. The third-order valence-corrected chi connectivity index (χ3v) is 5.04. The minimum Gasteiger partial charge on any atom is -0.396 e. The monoisotopic (exact) mass is 287 g/mol. The van der Waals surface area contributed by atoms with Crippen LogP contribution in [0.15, 0.2) is 24.3 Å². The van der Waals surface area contributed by atoms with Crippen molar-refractivity contribution in [2.75, 3.05) is 19.7 Å². The Bertz CT molecular complexity index is 500. The van der Waals surface area contributed by atoms with Crippen LogP contribution in [0.5, 0.6) is 0 Å². The molecule has 3 rings (SSSR count). The maximum absolute atomic E-state index is 12.6. The van der Waals surface area contributed by atoms with Crippen molar-refractivity contribution < 1.29 is 9.90 Å². The van der Waals surface area contributed by atoms with Crippen LogP contribution in [0.25, 0.3) is 0 Å². The first kappa shape index (κ1) is 14.6. The molecule has 2 aliphatic rings. The fourth-order valence-corrected chi connectivity index (χ4v) is 3.85. The summed E-state index contributed by atoms with van der Waals surface area (Å²) >= 11 is 0. The number of fused-ring (bicyclic) bond motifs is 1. The topological polar surface area (TPSA) is 40.5 Å². The number of nitrogens with zero attached hydrogens (tertiary/aromatic N) is 1. The molecule has 114 valence electrons. The minimum absolute atomic E-state index is 0.204. The highest BCUT2D eigenvalue weighted by Crippen LogP contribution is 2.34. The van der Waals surface area contributed by atoms with Crippen molar-refractivity contribution in [2.24, 2.45) is 5.92 Å². The van der Waals surface area contributed by atoms with Crippen LogP contribution in [0.2, 0.25) is 0 Å². The van der Waals surface area contributed by atoms with Crippen molar-refractivity contribution >= 4 is 5.91 Å². The number of rotatable bonds is 3. The van der Waals surface area contributed by atoms with E-state index < -0.39 is 0 Å². The van der Waals surface area contributed by atoms with Gasteiger partial charge >= 0.3 is 0 Å². The number of hydrogen-bond acceptors (Lipinski definition) is 2. The summed E-state index contributed by atoms with van der Waals surface area (Å²) in [6.45, 7) is 1.81. The molecule has 1 N–H and O–H groups in total. The highest BCUT2D eigenvalue weighted by Gasteiger charge is 2.27. The van der Waals surface area contributed by atoms with Crippen molar-refractivity contribution in [1.82, 2.24) is 4.90 Å². The zero-order valence-electron chi connectivity index (χ0n) is 12.6. The number of aryl methyl sites for hydroxylation is 1. The van der Waals surface area contributed by atoms with Crippen molar-refractivity contribution in [3.05, 3.63) is 35.4 Å². The van der Waals surface area contributed by atoms with Gasteiger partial charge in [0.15, 0.2) is 0 Å². The van der Waals surface area contributed by atoms with Gasteiger partial charge in [0.25, 0.3) is 0 Å². The average molecular weight is 287 g/mol. The van der Waals surface area contributed by atoms with Gasteiger partial charge in [0.05, 0.1) is 0 Å². The molecule has 0 spiro atoms. The van der Waals surface area contributed by atoms with E-state index in [0.29, 0.717) is 12.3 Å². The van der Waals surface area contributed by atoms with E-state index in [1.807, 2.05) is 4.90 Å². The molecule has 1 aromatic rings. The van der Waals surface area contributed by atoms with Crippen LogP contribution in [-0.4, -0.2) is 35.6 Å². The molecule has 2 unspecified atom stereocenters. The molecule has 1 amide bonds. The van der Waals surface area contributed by atoms with Crippen LogP contribution in [0.4, 0.5) is 0 Å². The summed E-state index contributed by atoms with van der Waals surface area (Å²) in [4.78, 5) is 14.6. The summed E-state index contributed by atoms with van der Waals surface area (Å²) in [7, 11) is 0. The Morgan fingerprint density at radius 3 is 2.95 bits per heavy atom. The van der Waals surface area contributed by atoms with Gasteiger partial charge in [-0.15, -0.1) is 0 Å². The molecule has 2 atom stereocenters. The van der Waals surface area contributed by atoms with Crippen molar-refractivity contribution in [3.63, 3.8) is 0 Å². The average Bonchev–Trinajstić information content (AvgIpc) is 2.55. The lowest BCUT2D eigenvalue weighted by atomic mass is 9.81. The Morgan fingerprint density at radius 1 is 1.24 bits per heavy atom. The number of aliphatic hydroxyl groups excluding tert-OH is 1. The Hall–Kier alpha value is -1.35. The maximum Gasteiger partial charge on any atom is 0.223 e. The number of piperidine rings is 1. The molecule has 3 heteroatoms. The Labute approximate surface area is 127 Å². The number of likely N-dealkylation sites (tertiary alicyclic amines) is 1. The van der Waals surface area contributed by atoms with E-state index in [4.69, 9.17) is 0 Å². The van der Waals surface area contributed by atoms with E-state index in [1.165, 1.54) is 17.5 Å². The Kier molecular flexibility index (Phi) is 4.59. The van der Waals surface area contributed by atoms with Crippen molar-refractivity contribution in [1.29, 1.82) is 0 Å². The van der Waals surface area contributed by atoms with Crippen LogP contribution < -0.4 is 0 Å². The molecule has 21 heavy (non-hydrogen) atoms. The molecule has 0 bridgehead atoms. The van der Waals surface area contributed by atoms with Gasteiger partial charge in [0.2, 0.25) is 5.91 Å². The van der Waals surface area contributed by atoms with Gasteiger partial charge in [-0.05, 0) is 55.1 Å². The predicted octanol–water partition coefficient (Wildman–Crippen LogP) is 2.73. The largest absolute Gasteiger partial charge is 0.396 e. The third kappa shape index (κ3) is 3.29. The minimum atomic E-state index is 0.204. The molecule has 0 saturated carbocycles. The van der Waals surface area contributed by atoms with E-state index in [2.05, 4.69) is 24.3 Å². The fourth-order valence-electron chi connectivity index (χ4n) is 3.85. The second-order valence-electron chi connectivity index (χ2n) is 6.52. The number of carbonyl (C=O) groups is 1. The summed E-state index contributed by atoms with van der Waals surface area (Å²) < 4.78 is 0. The molecule has 1 aliphatic heterocycles. The normalized spacial score (nSPS) is 25.5. The number of benzene rings is 1. The van der Waals surface area contributed by atoms with Gasteiger partial charge < -0.3 is 10.0 Å². The summed E-state index contributed by atoms with van der Waals surface area (Å²) in [6, 6.07) is 8.58. The first-order chi connectivity index (χ1) is 10.3. The fraction of sp³-hybridized carbons (Fsp3) is 0.611. The van der Waals surface area contributed by atoms with Gasteiger partial charge in [-0.25, -0.2) is 0 Å². The Balaban J connectivity index is 1.65. The number of carbonyl (C=O) groups excluding carboxylic acids is 1. The van der Waals surface area contributed by atoms with Gasteiger partial charge in [0, 0.05) is 26.1 Å². The summed E-state index contributed by atoms with van der Waals surface area (Å²) in [6.07, 6.45) is 6.17. The highest BCUT2D eigenvalue weighted by molar-refractivity contribution is 5.77. The van der Waals surface area contributed by atoms with E-state index in [0.717, 1.165) is 38.8 Å². The lowest BCUT2D eigenvalue weighted by molar-refractivity contribution is -0.133. The van der Waals surface area contributed by atoms with Gasteiger partial charge in [-0.2, -0.15) is 0 Å². The second-order valence-corrected chi connectivity index (χ2v) is 6.52. The van der Waals surface area contributed by atoms with Crippen molar-refractivity contribution in [2.45, 2.75) is 44.4 Å². The summed E-state index contributed by atoms with van der Waals surface area (Å²) in [5.74, 6) is 0.938. The van der Waals surface area contributed by atoms with Crippen LogP contribution in [-0.2, 0) is 11.2 Å². The smallest absolute Gasteiger partial charge is 0.223 e. The first-order valence-corrected chi connectivity index (χ1v) is 8.24. The number of hydrogen-bond donors (Lipinski definition) is 1. The van der Waals surface area contributed by atoms with Crippen molar-refractivity contribution in [3.8, 4) is 0 Å². The standard InChI is InChI=1S/C18H25NO2/c20-13-14-5-4-10-19(12-14)18(21)11-16-8-3-7-15-6-1-2-9-17(15)16/h1-2,6,9,14,16,20H,3-5,7-8,10-13H2. The molecular formula is C18H25NO2. The third-order valence-electron chi connectivity index (χ3n) is 5.04. The SMILES string of the molecule is O=C(CC1CCCc2ccccc21)N1CCCC(CO)C1. The second kappa shape index (κ2) is 6.61. The number of aliphatic hydroxyl groups is 1. The zero-order valence-corrected chi connectivity index (χ0v) is 12.6. The van der Waals surface area contributed by atoms with Gasteiger partial charge in [-0.3, -0.25) is 4.79 Å². The first-order valence-electron chi connectivity index (χ1n) is 8.24. The molecular weight excluding hydrogens is 262 g/mol. The van der Waals surface area contributed by atoms with E-state index in [9.17, 15) is 9.90 Å². The lowest BCUT2D eigenvalue weighted by Crippen LogP contribution is -2.41. The molecule has 0 aromatic heterocycles. The van der Waals surface area contributed by atoms with Crippen LogP contribution in [0.3, 0.4) is 0 Å². The molecule has 1 fully saturated rings. The van der Waals surface area contributed by atoms with E-state index in [-0.39, 0.29) is 18.4 Å². The number of amides is 1. The molecule has 1 heterocycles. The molecule has 0 radical (unpaired) electrons. The Morgan fingerprint density at radius 2 is 2.10 bits per heavy atom.